The van der Waals surface area contributed by atoms with E-state index in [-0.39, 0.29) is 5.92 Å². The molecule has 174 valence electrons. The van der Waals surface area contributed by atoms with Crippen molar-refractivity contribution in [2.24, 2.45) is 12.0 Å². The lowest BCUT2D eigenvalue weighted by atomic mass is 9.85. The number of aryl methyl sites for hydroxylation is 2. The monoisotopic (exact) mass is 454 g/mol. The molecule has 0 saturated heterocycles. The van der Waals surface area contributed by atoms with Gasteiger partial charge in [0.2, 0.25) is 0 Å². The number of aliphatic imine (C=N–C) groups is 1. The van der Waals surface area contributed by atoms with Gasteiger partial charge in [-0.15, -0.1) is 0 Å². The highest BCUT2D eigenvalue weighted by molar-refractivity contribution is 6.11. The van der Waals surface area contributed by atoms with Gasteiger partial charge in [0, 0.05) is 49.0 Å². The molecule has 0 bridgehead atoms. The molecule has 0 saturated carbocycles. The topological polar surface area (TPSA) is 72.4 Å². The van der Waals surface area contributed by atoms with Gasteiger partial charge in [-0.2, -0.15) is 10.4 Å². The molecule has 4 rings (SSSR count). The van der Waals surface area contributed by atoms with E-state index in [0.29, 0.717) is 6.42 Å². The van der Waals surface area contributed by atoms with Gasteiger partial charge in [0.25, 0.3) is 0 Å². The highest BCUT2D eigenvalue weighted by Crippen LogP contribution is 2.37. The van der Waals surface area contributed by atoms with Crippen LogP contribution in [0, 0.1) is 11.3 Å². The van der Waals surface area contributed by atoms with Crippen LogP contribution in [-0.2, 0) is 13.5 Å². The lowest BCUT2D eigenvalue weighted by Crippen LogP contribution is -2.04. The first-order valence-corrected chi connectivity index (χ1v) is 11.5. The van der Waals surface area contributed by atoms with Crippen molar-refractivity contribution in [3.05, 3.63) is 76.6 Å². The van der Waals surface area contributed by atoms with Crippen LogP contribution in [0.2, 0.25) is 0 Å². The van der Waals surface area contributed by atoms with Crippen LogP contribution in [0.4, 0.5) is 5.69 Å². The molecule has 0 amide bonds. The van der Waals surface area contributed by atoms with Gasteiger partial charge < -0.3 is 9.47 Å². The summed E-state index contributed by atoms with van der Waals surface area (Å²) in [6.07, 6.45) is 8.92. The summed E-state index contributed by atoms with van der Waals surface area (Å²) in [5.41, 5.74) is 7.98. The first-order chi connectivity index (χ1) is 16.5. The lowest BCUT2D eigenvalue weighted by Gasteiger charge is -2.21. The van der Waals surface area contributed by atoms with Crippen LogP contribution in [0.3, 0.4) is 0 Å². The van der Waals surface area contributed by atoms with Crippen LogP contribution < -0.4 is 9.47 Å². The number of nitriles is 1. The Balaban J connectivity index is 1.70. The second-order valence-corrected chi connectivity index (χ2v) is 8.64. The zero-order chi connectivity index (χ0) is 24.1. The van der Waals surface area contributed by atoms with Gasteiger partial charge in [0.1, 0.15) is 11.5 Å². The van der Waals surface area contributed by atoms with Crippen molar-refractivity contribution in [2.45, 2.75) is 38.5 Å². The number of allylic oxidation sites excluding steroid dienone is 2. The van der Waals surface area contributed by atoms with Crippen molar-refractivity contribution in [3.63, 3.8) is 0 Å². The van der Waals surface area contributed by atoms with Gasteiger partial charge in [-0.3, -0.25) is 9.67 Å². The van der Waals surface area contributed by atoms with E-state index in [1.165, 1.54) is 16.7 Å². The molecule has 1 aromatic heterocycles. The largest absolute Gasteiger partial charge is 0.497 e. The van der Waals surface area contributed by atoms with Gasteiger partial charge in [-0.25, -0.2) is 0 Å². The molecular weight excluding hydrogens is 424 g/mol. The van der Waals surface area contributed by atoms with Crippen molar-refractivity contribution in [2.75, 3.05) is 14.2 Å². The lowest BCUT2D eigenvalue weighted by molar-refractivity contribution is 0.393. The third-order valence-corrected chi connectivity index (χ3v) is 6.40. The third-order valence-electron chi connectivity index (χ3n) is 6.40. The number of methoxy groups -OCH3 is 2. The molecule has 0 fully saturated rings. The smallest absolute Gasteiger partial charge is 0.122 e. The van der Waals surface area contributed by atoms with E-state index >= 15 is 0 Å². The van der Waals surface area contributed by atoms with E-state index in [0.717, 1.165) is 53.1 Å². The number of aromatic nitrogens is 2. The molecule has 34 heavy (non-hydrogen) atoms. The normalized spacial score (nSPS) is 14.1. The molecule has 3 aromatic rings. The maximum Gasteiger partial charge on any atom is 0.122 e. The Kier molecular flexibility index (Phi) is 7.12. The zero-order valence-electron chi connectivity index (χ0n) is 20.2. The summed E-state index contributed by atoms with van der Waals surface area (Å²) in [6, 6.07) is 14.7. The Morgan fingerprint density at radius 2 is 1.82 bits per heavy atom. The van der Waals surface area contributed by atoms with Crippen LogP contribution in [0.15, 0.2) is 59.4 Å². The molecule has 0 spiro atoms. The minimum absolute atomic E-state index is 0.0611. The highest BCUT2D eigenvalue weighted by Gasteiger charge is 2.19. The van der Waals surface area contributed by atoms with Gasteiger partial charge in [0.05, 0.1) is 32.2 Å². The first kappa shape index (κ1) is 23.3. The Bertz CT molecular complexity index is 1260. The summed E-state index contributed by atoms with van der Waals surface area (Å²) in [7, 11) is 5.24. The maximum atomic E-state index is 9.29. The summed E-state index contributed by atoms with van der Waals surface area (Å²) in [5.74, 6) is 1.55. The molecule has 6 heteroatoms. The minimum Gasteiger partial charge on any atom is -0.497 e. The van der Waals surface area contributed by atoms with E-state index in [2.05, 4.69) is 36.3 Å². The Morgan fingerprint density at radius 3 is 2.47 bits per heavy atom. The van der Waals surface area contributed by atoms with E-state index < -0.39 is 0 Å². The van der Waals surface area contributed by atoms with Crippen molar-refractivity contribution >= 4 is 17.5 Å². The molecular formula is C28H30N4O2. The maximum absolute atomic E-state index is 9.29. The van der Waals surface area contributed by atoms with Crippen LogP contribution in [0.25, 0.3) is 5.57 Å². The average molecular weight is 455 g/mol. The van der Waals surface area contributed by atoms with Crippen LogP contribution in [0.5, 0.6) is 11.5 Å². The Labute approximate surface area is 201 Å². The second-order valence-electron chi connectivity index (χ2n) is 8.64. The minimum atomic E-state index is 0.0611. The van der Waals surface area contributed by atoms with Crippen molar-refractivity contribution in [1.82, 2.24) is 9.78 Å². The molecule has 0 radical (unpaired) electrons. The van der Waals surface area contributed by atoms with E-state index in [9.17, 15) is 5.26 Å². The summed E-state index contributed by atoms with van der Waals surface area (Å²) < 4.78 is 12.8. The van der Waals surface area contributed by atoms with Crippen LogP contribution in [0.1, 0.15) is 54.4 Å². The SMILES string of the molecule is COc1cc(OC)cc(C(CCC#N)c2ccc3c(c2)CCC(C)=C(c2cnn(C)c2)C=N3)c1. The van der Waals surface area contributed by atoms with Gasteiger partial charge in [-0.1, -0.05) is 17.7 Å². The molecule has 2 aromatic carbocycles. The number of hydrogen-bond donors (Lipinski definition) is 0. The molecule has 6 nitrogen and oxygen atoms in total. The fourth-order valence-electron chi connectivity index (χ4n) is 4.50. The number of fused-ring (bicyclic) bond motifs is 1. The summed E-state index contributed by atoms with van der Waals surface area (Å²) in [4.78, 5) is 4.84. The fraction of sp³-hybridized carbons (Fsp3) is 0.321. The number of benzene rings is 2. The third kappa shape index (κ3) is 5.04. The molecule has 1 unspecified atom stereocenters. The van der Waals surface area contributed by atoms with Crippen molar-refractivity contribution in [1.29, 1.82) is 5.26 Å². The van der Waals surface area contributed by atoms with E-state index in [4.69, 9.17) is 14.5 Å². The van der Waals surface area contributed by atoms with Crippen molar-refractivity contribution in [3.8, 4) is 17.6 Å². The van der Waals surface area contributed by atoms with Gasteiger partial charge >= 0.3 is 0 Å². The predicted octanol–water partition coefficient (Wildman–Crippen LogP) is 6.00. The first-order valence-electron chi connectivity index (χ1n) is 11.5. The highest BCUT2D eigenvalue weighted by atomic mass is 16.5. The van der Waals surface area contributed by atoms with Gasteiger partial charge in [-0.05, 0) is 61.1 Å². The Hall–Kier alpha value is -3.85. The molecule has 0 N–H and O–H groups in total. The average Bonchev–Trinajstić information content (AvgIpc) is 3.28. The quantitative estimate of drug-likeness (QED) is 0.439. The molecule has 0 aliphatic carbocycles. The van der Waals surface area contributed by atoms with E-state index in [1.807, 2.05) is 48.5 Å². The van der Waals surface area contributed by atoms with Crippen molar-refractivity contribution < 1.29 is 9.47 Å². The molecule has 1 atom stereocenters. The van der Waals surface area contributed by atoms with Crippen LogP contribution >= 0.6 is 0 Å². The summed E-state index contributed by atoms with van der Waals surface area (Å²) in [6.45, 7) is 2.17. The zero-order valence-corrected chi connectivity index (χ0v) is 20.2. The standard InChI is InChI=1S/C28H30N4O2/c1-19-7-8-21-12-20(9-10-28(21)30-17-27(19)23-16-31-32(2)18-23)26(6-5-11-29)22-13-24(33-3)15-25(14-22)34-4/h9-10,12-18,26H,5-8H2,1-4H3. The van der Waals surface area contributed by atoms with Gasteiger partial charge in [0.15, 0.2) is 0 Å². The number of ether oxygens (including phenoxy) is 2. The Morgan fingerprint density at radius 1 is 1.06 bits per heavy atom. The summed E-state index contributed by atoms with van der Waals surface area (Å²) >= 11 is 0. The number of rotatable bonds is 7. The second kappa shape index (κ2) is 10.4. The fourth-order valence-corrected chi connectivity index (χ4v) is 4.50. The predicted molar refractivity (Wildman–Crippen MR) is 135 cm³/mol. The number of hydrogen-bond acceptors (Lipinski definition) is 5. The van der Waals surface area contributed by atoms with Crippen LogP contribution in [-0.4, -0.2) is 30.2 Å². The van der Waals surface area contributed by atoms with E-state index in [1.54, 1.807) is 14.2 Å². The molecule has 1 aliphatic heterocycles. The summed E-state index contributed by atoms with van der Waals surface area (Å²) in [5, 5.41) is 13.6. The molecule has 1 aliphatic rings. The number of nitrogens with zero attached hydrogens (tertiary/aromatic N) is 4. The molecule has 2 heterocycles.